The Morgan fingerprint density at radius 2 is 1.88 bits per heavy atom. The first kappa shape index (κ1) is 24.0. The highest BCUT2D eigenvalue weighted by Crippen LogP contribution is 2.41. The van der Waals surface area contributed by atoms with Gasteiger partial charge in [0, 0.05) is 31.3 Å². The molecular formula is C22H23F5N4O3. The van der Waals surface area contributed by atoms with Crippen LogP contribution >= 0.6 is 0 Å². The van der Waals surface area contributed by atoms with Crippen LogP contribution in [0.4, 0.5) is 26.7 Å². The smallest absolute Gasteiger partial charge is 0.419 e. The molecule has 1 aromatic heterocycles. The van der Waals surface area contributed by atoms with E-state index in [2.05, 4.69) is 10.2 Å². The lowest BCUT2D eigenvalue weighted by Crippen LogP contribution is -2.37. The number of benzene rings is 1. The minimum absolute atomic E-state index is 0.120. The molecule has 2 aromatic rings. The van der Waals surface area contributed by atoms with Crippen molar-refractivity contribution >= 4 is 12.0 Å². The number of fused-ring (bicyclic) bond motifs is 1. The summed E-state index contributed by atoms with van der Waals surface area (Å²) in [5.41, 5.74) is -0.337. The van der Waals surface area contributed by atoms with Crippen LogP contribution in [-0.2, 0) is 23.9 Å². The van der Waals surface area contributed by atoms with Gasteiger partial charge in [-0.25, -0.2) is 13.6 Å². The standard InChI is InChI=1S/C22H23F5N4O3/c1-34-21(33)31-8-5-14-17(11-31)28-29-19(14)20(32)30-6-2-3-12(4-7-30)15-9-13(23)10-16(24)18(15)22(25,26)27/h9-10,12H,2-8,11H2,1H3,(H,28,29). The van der Waals surface area contributed by atoms with Gasteiger partial charge < -0.3 is 14.5 Å². The van der Waals surface area contributed by atoms with E-state index < -0.39 is 40.9 Å². The summed E-state index contributed by atoms with van der Waals surface area (Å²) in [5, 5.41) is 6.91. The number of alkyl halides is 3. The summed E-state index contributed by atoms with van der Waals surface area (Å²) in [4.78, 5) is 27.9. The first-order chi connectivity index (χ1) is 16.1. The maximum atomic E-state index is 14.0. The summed E-state index contributed by atoms with van der Waals surface area (Å²) in [6, 6.07) is 0.978. The lowest BCUT2D eigenvalue weighted by atomic mass is 9.88. The van der Waals surface area contributed by atoms with E-state index in [9.17, 15) is 31.5 Å². The van der Waals surface area contributed by atoms with Crippen LogP contribution in [0.1, 0.15) is 58.1 Å². The quantitative estimate of drug-likeness (QED) is 0.645. The molecule has 2 amide bonds. The molecule has 184 valence electrons. The second kappa shape index (κ2) is 9.22. The van der Waals surface area contributed by atoms with Crippen LogP contribution < -0.4 is 0 Å². The van der Waals surface area contributed by atoms with Crippen molar-refractivity contribution < 1.29 is 36.3 Å². The number of ether oxygens (including phenoxy) is 1. The van der Waals surface area contributed by atoms with Crippen molar-refractivity contribution in [1.29, 1.82) is 0 Å². The Morgan fingerprint density at radius 3 is 2.59 bits per heavy atom. The van der Waals surface area contributed by atoms with E-state index in [-0.39, 0.29) is 50.1 Å². The van der Waals surface area contributed by atoms with Gasteiger partial charge in [0.25, 0.3) is 5.91 Å². The zero-order valence-corrected chi connectivity index (χ0v) is 18.3. The number of aromatic nitrogens is 2. The van der Waals surface area contributed by atoms with Gasteiger partial charge in [0.15, 0.2) is 5.69 Å². The average molecular weight is 486 g/mol. The number of nitrogens with zero attached hydrogens (tertiary/aromatic N) is 3. The normalized spacial score (nSPS) is 18.9. The molecule has 0 aliphatic carbocycles. The molecule has 1 atom stereocenters. The summed E-state index contributed by atoms with van der Waals surface area (Å²) < 4.78 is 73.0. The predicted molar refractivity (Wildman–Crippen MR) is 109 cm³/mol. The highest BCUT2D eigenvalue weighted by molar-refractivity contribution is 5.94. The lowest BCUT2D eigenvalue weighted by Gasteiger charge is -2.26. The SMILES string of the molecule is COC(=O)N1CCc2c(C(=O)N3CCCC(c4cc(F)cc(F)c4C(F)(F)F)CC3)n[nH]c2C1. The molecule has 0 spiro atoms. The maximum Gasteiger partial charge on any atom is 0.419 e. The fourth-order valence-corrected chi connectivity index (χ4v) is 4.75. The molecule has 1 N–H and O–H groups in total. The van der Waals surface area contributed by atoms with Gasteiger partial charge in [-0.05, 0) is 43.2 Å². The molecular weight excluding hydrogens is 463 g/mol. The Balaban J connectivity index is 1.51. The highest BCUT2D eigenvalue weighted by Gasteiger charge is 2.40. The molecule has 1 saturated heterocycles. The fraction of sp³-hybridized carbons (Fsp3) is 0.500. The number of methoxy groups -OCH3 is 1. The largest absolute Gasteiger partial charge is 0.453 e. The second-order valence-electron chi connectivity index (χ2n) is 8.44. The van der Waals surface area contributed by atoms with Crippen LogP contribution in [0, 0.1) is 11.6 Å². The number of hydrogen-bond donors (Lipinski definition) is 1. The maximum absolute atomic E-state index is 14.0. The molecule has 34 heavy (non-hydrogen) atoms. The number of halogens is 5. The van der Waals surface area contributed by atoms with Crippen molar-refractivity contribution in [2.24, 2.45) is 0 Å². The van der Waals surface area contributed by atoms with E-state index in [0.29, 0.717) is 30.6 Å². The molecule has 1 fully saturated rings. The number of hydrogen-bond acceptors (Lipinski definition) is 4. The van der Waals surface area contributed by atoms with Crippen LogP contribution in [0.25, 0.3) is 0 Å². The van der Waals surface area contributed by atoms with Crippen LogP contribution in [0.15, 0.2) is 12.1 Å². The minimum Gasteiger partial charge on any atom is -0.453 e. The first-order valence-electron chi connectivity index (χ1n) is 10.8. The van der Waals surface area contributed by atoms with Gasteiger partial charge in [-0.2, -0.15) is 18.3 Å². The molecule has 2 aliphatic rings. The van der Waals surface area contributed by atoms with Crippen molar-refractivity contribution in [3.8, 4) is 0 Å². The summed E-state index contributed by atoms with van der Waals surface area (Å²) in [5.74, 6) is -3.82. The molecule has 12 heteroatoms. The molecule has 1 unspecified atom stereocenters. The van der Waals surface area contributed by atoms with Crippen molar-refractivity contribution in [1.82, 2.24) is 20.0 Å². The number of amides is 2. The van der Waals surface area contributed by atoms with Crippen LogP contribution in [0.3, 0.4) is 0 Å². The van der Waals surface area contributed by atoms with Crippen molar-refractivity contribution in [2.75, 3.05) is 26.7 Å². The number of carbonyl (C=O) groups excluding carboxylic acids is 2. The van der Waals surface area contributed by atoms with Gasteiger partial charge in [-0.3, -0.25) is 9.89 Å². The predicted octanol–water partition coefficient (Wildman–Crippen LogP) is 4.24. The van der Waals surface area contributed by atoms with E-state index in [4.69, 9.17) is 4.74 Å². The topological polar surface area (TPSA) is 78.5 Å². The number of likely N-dealkylation sites (tertiary alicyclic amines) is 1. The molecule has 2 aliphatic heterocycles. The van der Waals surface area contributed by atoms with Gasteiger partial charge in [0.2, 0.25) is 0 Å². The molecule has 4 rings (SSSR count). The fourth-order valence-electron chi connectivity index (χ4n) is 4.75. The van der Waals surface area contributed by atoms with Crippen molar-refractivity contribution in [3.63, 3.8) is 0 Å². The monoisotopic (exact) mass is 486 g/mol. The number of aromatic amines is 1. The molecule has 0 saturated carbocycles. The molecule has 3 heterocycles. The molecule has 0 radical (unpaired) electrons. The Kier molecular flexibility index (Phi) is 6.50. The van der Waals surface area contributed by atoms with Gasteiger partial charge in [0.05, 0.1) is 24.9 Å². The zero-order valence-electron chi connectivity index (χ0n) is 18.3. The minimum atomic E-state index is -4.96. The highest BCUT2D eigenvalue weighted by atomic mass is 19.4. The van der Waals surface area contributed by atoms with Crippen LogP contribution in [-0.4, -0.2) is 58.7 Å². The van der Waals surface area contributed by atoms with E-state index in [1.165, 1.54) is 16.9 Å². The van der Waals surface area contributed by atoms with Gasteiger partial charge >= 0.3 is 12.3 Å². The molecule has 1 aromatic carbocycles. The summed E-state index contributed by atoms with van der Waals surface area (Å²) in [6.07, 6.45) is -4.30. The van der Waals surface area contributed by atoms with Gasteiger partial charge in [-0.15, -0.1) is 0 Å². The Hall–Kier alpha value is -3.18. The third-order valence-electron chi connectivity index (χ3n) is 6.39. The van der Waals surface area contributed by atoms with E-state index in [1.54, 1.807) is 0 Å². The third-order valence-corrected chi connectivity index (χ3v) is 6.39. The second-order valence-corrected chi connectivity index (χ2v) is 8.44. The molecule has 7 nitrogen and oxygen atoms in total. The molecule has 0 bridgehead atoms. The Labute approximate surface area is 191 Å². The number of H-pyrrole nitrogens is 1. The Bertz CT molecular complexity index is 1100. The first-order valence-corrected chi connectivity index (χ1v) is 10.8. The Morgan fingerprint density at radius 1 is 1.12 bits per heavy atom. The number of rotatable bonds is 2. The third kappa shape index (κ3) is 4.58. The van der Waals surface area contributed by atoms with Crippen LogP contribution in [0.2, 0.25) is 0 Å². The number of nitrogens with one attached hydrogen (secondary N) is 1. The van der Waals surface area contributed by atoms with Gasteiger partial charge in [-0.1, -0.05) is 0 Å². The number of carbonyl (C=O) groups is 2. The van der Waals surface area contributed by atoms with E-state index in [0.717, 1.165) is 6.07 Å². The summed E-state index contributed by atoms with van der Waals surface area (Å²) in [7, 11) is 1.28. The van der Waals surface area contributed by atoms with Crippen molar-refractivity contribution in [2.45, 2.75) is 44.3 Å². The van der Waals surface area contributed by atoms with Gasteiger partial charge in [0.1, 0.15) is 11.6 Å². The van der Waals surface area contributed by atoms with E-state index >= 15 is 0 Å². The average Bonchev–Trinajstić information content (AvgIpc) is 3.04. The lowest BCUT2D eigenvalue weighted by molar-refractivity contribution is -0.140. The van der Waals surface area contributed by atoms with Crippen LogP contribution in [0.5, 0.6) is 0 Å². The summed E-state index contributed by atoms with van der Waals surface area (Å²) >= 11 is 0. The van der Waals surface area contributed by atoms with Crippen molar-refractivity contribution in [3.05, 3.63) is 51.8 Å². The summed E-state index contributed by atoms with van der Waals surface area (Å²) in [6.45, 7) is 0.974. The van der Waals surface area contributed by atoms with E-state index in [1.807, 2.05) is 0 Å². The zero-order chi connectivity index (χ0) is 24.6.